The first kappa shape index (κ1) is 15.6. The van der Waals surface area contributed by atoms with E-state index < -0.39 is 5.41 Å². The van der Waals surface area contributed by atoms with Gasteiger partial charge in [0.25, 0.3) is 0 Å². The maximum Gasteiger partial charge on any atom is 0.167 e. The molecule has 1 aliphatic heterocycles. The molecule has 0 aromatic carbocycles. The number of hydrogen-bond acceptors (Lipinski definition) is 5. The van der Waals surface area contributed by atoms with Crippen molar-refractivity contribution in [3.8, 4) is 0 Å². The third kappa shape index (κ3) is 3.38. The Morgan fingerprint density at radius 2 is 2.05 bits per heavy atom. The van der Waals surface area contributed by atoms with E-state index in [1.807, 2.05) is 6.92 Å². The number of carbonyl (C=O) groups excluding carboxylic acids is 1. The summed E-state index contributed by atoms with van der Waals surface area (Å²) in [6.07, 6.45) is 10.3. The third-order valence-corrected chi connectivity index (χ3v) is 4.94. The van der Waals surface area contributed by atoms with Gasteiger partial charge in [-0.3, -0.25) is 4.79 Å². The SMILES string of the molecule is CC1(C(=O)C(CC2CCCCC2)n2cncn2)COCOC1. The first-order chi connectivity index (χ1) is 10.7. The van der Waals surface area contributed by atoms with Crippen LogP contribution in [0.1, 0.15) is 51.5 Å². The number of aromatic nitrogens is 3. The number of nitrogens with zero attached hydrogens (tertiary/aromatic N) is 3. The van der Waals surface area contributed by atoms with E-state index in [0.717, 1.165) is 6.42 Å². The van der Waals surface area contributed by atoms with Crippen LogP contribution in [0.15, 0.2) is 12.7 Å². The lowest BCUT2D eigenvalue weighted by Gasteiger charge is -2.35. The Hall–Kier alpha value is -1.27. The van der Waals surface area contributed by atoms with Crippen molar-refractivity contribution in [3.63, 3.8) is 0 Å². The standard InChI is InChI=1S/C16H25N3O3/c1-16(8-21-12-22-9-16)15(20)14(19-11-17-10-18-19)7-13-5-3-2-4-6-13/h10-11,13-14H,2-9,12H2,1H3. The lowest BCUT2D eigenvalue weighted by atomic mass is 9.78. The Balaban J connectivity index is 1.77. The Labute approximate surface area is 131 Å². The summed E-state index contributed by atoms with van der Waals surface area (Å²) < 4.78 is 12.5. The van der Waals surface area contributed by atoms with Crippen molar-refractivity contribution in [1.29, 1.82) is 0 Å². The Morgan fingerprint density at radius 1 is 1.32 bits per heavy atom. The molecule has 1 aromatic heterocycles. The van der Waals surface area contributed by atoms with E-state index in [1.54, 1.807) is 11.0 Å². The summed E-state index contributed by atoms with van der Waals surface area (Å²) in [4.78, 5) is 17.2. The maximum absolute atomic E-state index is 13.1. The number of carbonyl (C=O) groups is 1. The largest absolute Gasteiger partial charge is 0.354 e. The van der Waals surface area contributed by atoms with E-state index in [4.69, 9.17) is 9.47 Å². The van der Waals surface area contributed by atoms with Gasteiger partial charge in [-0.2, -0.15) is 5.10 Å². The van der Waals surface area contributed by atoms with Crippen molar-refractivity contribution in [2.45, 2.75) is 51.5 Å². The summed E-state index contributed by atoms with van der Waals surface area (Å²) in [5, 5.41) is 4.23. The summed E-state index contributed by atoms with van der Waals surface area (Å²) >= 11 is 0. The van der Waals surface area contributed by atoms with Gasteiger partial charge >= 0.3 is 0 Å². The summed E-state index contributed by atoms with van der Waals surface area (Å²) in [6.45, 7) is 3.04. The molecular weight excluding hydrogens is 282 g/mol. The number of ketones is 1. The molecule has 0 amide bonds. The van der Waals surface area contributed by atoms with Gasteiger partial charge in [-0.25, -0.2) is 9.67 Å². The monoisotopic (exact) mass is 307 g/mol. The average Bonchev–Trinajstić information content (AvgIpc) is 3.08. The molecule has 0 bridgehead atoms. The van der Waals surface area contributed by atoms with Gasteiger partial charge in [0, 0.05) is 0 Å². The predicted octanol–water partition coefficient (Wildman–Crippen LogP) is 2.37. The molecule has 2 heterocycles. The highest BCUT2D eigenvalue weighted by molar-refractivity contribution is 5.88. The molecule has 0 N–H and O–H groups in total. The second-order valence-electron chi connectivity index (χ2n) is 6.87. The van der Waals surface area contributed by atoms with Gasteiger partial charge in [0.05, 0.1) is 18.6 Å². The highest BCUT2D eigenvalue weighted by Gasteiger charge is 2.42. The van der Waals surface area contributed by atoms with E-state index in [2.05, 4.69) is 10.1 Å². The van der Waals surface area contributed by atoms with E-state index in [-0.39, 0.29) is 18.6 Å². The smallest absolute Gasteiger partial charge is 0.167 e. The molecule has 122 valence electrons. The van der Waals surface area contributed by atoms with Crippen LogP contribution in [-0.2, 0) is 14.3 Å². The highest BCUT2D eigenvalue weighted by atomic mass is 16.7. The van der Waals surface area contributed by atoms with Crippen LogP contribution < -0.4 is 0 Å². The molecule has 0 radical (unpaired) electrons. The minimum atomic E-state index is -0.594. The molecule has 2 fully saturated rings. The number of ether oxygens (including phenoxy) is 2. The van der Waals surface area contributed by atoms with E-state index in [1.165, 1.54) is 38.4 Å². The maximum atomic E-state index is 13.1. The quantitative estimate of drug-likeness (QED) is 0.835. The molecule has 0 spiro atoms. The fraction of sp³-hybridized carbons (Fsp3) is 0.812. The molecule has 6 heteroatoms. The number of Topliss-reactive ketones (excluding diaryl/α,β-unsaturated/α-hetero) is 1. The van der Waals surface area contributed by atoms with Gasteiger partial charge in [-0.1, -0.05) is 32.1 Å². The first-order valence-electron chi connectivity index (χ1n) is 8.23. The second kappa shape index (κ2) is 6.87. The Bertz CT molecular complexity index is 477. The lowest BCUT2D eigenvalue weighted by molar-refractivity contribution is -0.175. The molecule has 1 saturated carbocycles. The minimum Gasteiger partial charge on any atom is -0.354 e. The van der Waals surface area contributed by atoms with Gasteiger partial charge < -0.3 is 9.47 Å². The summed E-state index contributed by atoms with van der Waals surface area (Å²) in [6, 6.07) is -0.263. The molecule has 1 saturated heterocycles. The first-order valence-corrected chi connectivity index (χ1v) is 8.23. The fourth-order valence-corrected chi connectivity index (χ4v) is 3.63. The van der Waals surface area contributed by atoms with Crippen molar-refractivity contribution < 1.29 is 14.3 Å². The number of hydrogen-bond donors (Lipinski definition) is 0. The predicted molar refractivity (Wildman–Crippen MR) is 80.1 cm³/mol. The molecule has 3 rings (SSSR count). The molecule has 1 aromatic rings. The van der Waals surface area contributed by atoms with Crippen molar-refractivity contribution >= 4 is 5.78 Å². The van der Waals surface area contributed by atoms with Crippen LogP contribution in [0.5, 0.6) is 0 Å². The Morgan fingerprint density at radius 3 is 2.68 bits per heavy atom. The zero-order chi connectivity index (χ0) is 15.4. The summed E-state index contributed by atoms with van der Waals surface area (Å²) in [5.74, 6) is 0.754. The molecule has 1 atom stereocenters. The summed E-state index contributed by atoms with van der Waals surface area (Å²) in [5.41, 5.74) is -0.594. The lowest BCUT2D eigenvalue weighted by Crippen LogP contribution is -2.45. The molecule has 1 unspecified atom stereocenters. The van der Waals surface area contributed by atoms with E-state index in [0.29, 0.717) is 19.1 Å². The third-order valence-electron chi connectivity index (χ3n) is 4.94. The summed E-state index contributed by atoms with van der Waals surface area (Å²) in [7, 11) is 0. The zero-order valence-corrected chi connectivity index (χ0v) is 13.2. The molecule has 22 heavy (non-hydrogen) atoms. The normalized spacial score (nSPS) is 24.0. The van der Waals surface area contributed by atoms with Crippen LogP contribution in [0.3, 0.4) is 0 Å². The minimum absolute atomic E-state index is 0.156. The van der Waals surface area contributed by atoms with Gasteiger partial charge in [0.15, 0.2) is 5.78 Å². The van der Waals surface area contributed by atoms with Crippen molar-refractivity contribution in [1.82, 2.24) is 14.8 Å². The van der Waals surface area contributed by atoms with Crippen LogP contribution >= 0.6 is 0 Å². The van der Waals surface area contributed by atoms with Crippen LogP contribution in [0.25, 0.3) is 0 Å². The second-order valence-corrected chi connectivity index (χ2v) is 6.87. The van der Waals surface area contributed by atoms with Gasteiger partial charge in [0.1, 0.15) is 25.5 Å². The van der Waals surface area contributed by atoms with Crippen LogP contribution in [0, 0.1) is 11.3 Å². The van der Waals surface area contributed by atoms with E-state index in [9.17, 15) is 4.79 Å². The zero-order valence-electron chi connectivity index (χ0n) is 13.2. The van der Waals surface area contributed by atoms with Crippen LogP contribution in [-0.4, -0.2) is 40.6 Å². The molecular formula is C16H25N3O3. The molecule has 2 aliphatic rings. The molecule has 6 nitrogen and oxygen atoms in total. The van der Waals surface area contributed by atoms with Crippen LogP contribution in [0.2, 0.25) is 0 Å². The highest BCUT2D eigenvalue weighted by Crippen LogP contribution is 2.35. The average molecular weight is 307 g/mol. The van der Waals surface area contributed by atoms with Gasteiger partial charge in [-0.15, -0.1) is 0 Å². The van der Waals surface area contributed by atoms with Gasteiger partial charge in [0.2, 0.25) is 0 Å². The van der Waals surface area contributed by atoms with Crippen LogP contribution in [0.4, 0.5) is 0 Å². The van der Waals surface area contributed by atoms with E-state index >= 15 is 0 Å². The number of rotatable bonds is 5. The van der Waals surface area contributed by atoms with Crippen molar-refractivity contribution in [2.24, 2.45) is 11.3 Å². The molecule has 1 aliphatic carbocycles. The Kier molecular flexibility index (Phi) is 4.88. The fourth-order valence-electron chi connectivity index (χ4n) is 3.63. The van der Waals surface area contributed by atoms with Crippen molar-refractivity contribution in [3.05, 3.63) is 12.7 Å². The van der Waals surface area contributed by atoms with Gasteiger partial charge in [-0.05, 0) is 19.3 Å². The van der Waals surface area contributed by atoms with Crippen molar-refractivity contribution in [2.75, 3.05) is 20.0 Å². The topological polar surface area (TPSA) is 66.2 Å².